The van der Waals surface area contributed by atoms with E-state index >= 15 is 0 Å². The van der Waals surface area contributed by atoms with Crippen molar-refractivity contribution in [2.75, 3.05) is 18.1 Å². The van der Waals surface area contributed by atoms with E-state index in [-0.39, 0.29) is 18.7 Å². The van der Waals surface area contributed by atoms with Gasteiger partial charge in [0.05, 0.1) is 11.9 Å². The fourth-order valence-corrected chi connectivity index (χ4v) is 3.68. The van der Waals surface area contributed by atoms with E-state index in [4.69, 9.17) is 0 Å². The predicted molar refractivity (Wildman–Crippen MR) is 96.0 cm³/mol. The number of nitrogens with zero attached hydrogens (tertiary/aromatic N) is 1. The van der Waals surface area contributed by atoms with Gasteiger partial charge in [-0.25, -0.2) is 17.2 Å². The van der Waals surface area contributed by atoms with E-state index in [1.54, 1.807) is 31.2 Å². The van der Waals surface area contributed by atoms with Crippen LogP contribution in [-0.4, -0.2) is 31.4 Å². The third-order valence-electron chi connectivity index (χ3n) is 3.90. The van der Waals surface area contributed by atoms with E-state index in [9.17, 15) is 22.0 Å². The molecule has 2 rings (SSSR count). The molecule has 5 nitrogen and oxygen atoms in total. The first kappa shape index (κ1) is 20.0. The maximum absolute atomic E-state index is 13.6. The fraction of sp³-hybridized carbons (Fsp3) is 0.278. The maximum Gasteiger partial charge on any atom is 0.225 e. The molecule has 0 bridgehead atoms. The van der Waals surface area contributed by atoms with Gasteiger partial charge in [0.15, 0.2) is 0 Å². The molecule has 1 atom stereocenters. The Balaban J connectivity index is 2.06. The summed E-state index contributed by atoms with van der Waals surface area (Å²) in [7, 11) is -3.56. The van der Waals surface area contributed by atoms with Gasteiger partial charge in [0.1, 0.15) is 11.6 Å². The number of nitrogens with one attached hydrogen (secondary N) is 1. The largest absolute Gasteiger partial charge is 0.324 e. The molecule has 140 valence electrons. The molecular formula is C18H20F2N2O3S. The van der Waals surface area contributed by atoms with Crippen molar-refractivity contribution in [3.05, 3.63) is 65.7 Å². The molecule has 0 spiro atoms. The zero-order chi connectivity index (χ0) is 19.3. The Morgan fingerprint density at radius 2 is 1.81 bits per heavy atom. The quantitative estimate of drug-likeness (QED) is 0.799. The molecule has 8 heteroatoms. The Hall–Kier alpha value is -2.32. The number of amides is 1. The molecule has 26 heavy (non-hydrogen) atoms. The lowest BCUT2D eigenvalue weighted by molar-refractivity contribution is -0.116. The first-order valence-corrected chi connectivity index (χ1v) is 9.80. The maximum atomic E-state index is 13.6. The van der Waals surface area contributed by atoms with Crippen molar-refractivity contribution in [2.45, 2.75) is 19.4 Å². The summed E-state index contributed by atoms with van der Waals surface area (Å²) < 4.78 is 51.9. The van der Waals surface area contributed by atoms with Gasteiger partial charge in [-0.2, -0.15) is 4.31 Å². The lowest BCUT2D eigenvalue weighted by atomic mass is 10.1. The normalized spacial score (nSPS) is 12.8. The van der Waals surface area contributed by atoms with Crippen LogP contribution in [0.2, 0.25) is 0 Å². The zero-order valence-electron chi connectivity index (χ0n) is 14.4. The smallest absolute Gasteiger partial charge is 0.225 e. The van der Waals surface area contributed by atoms with E-state index < -0.39 is 33.6 Å². The van der Waals surface area contributed by atoms with Crippen LogP contribution >= 0.6 is 0 Å². The van der Waals surface area contributed by atoms with Crippen molar-refractivity contribution in [3.8, 4) is 0 Å². The van der Waals surface area contributed by atoms with Gasteiger partial charge in [-0.1, -0.05) is 30.3 Å². The van der Waals surface area contributed by atoms with Gasteiger partial charge in [0, 0.05) is 25.1 Å². The molecule has 1 amide bonds. The van der Waals surface area contributed by atoms with Crippen molar-refractivity contribution >= 4 is 21.6 Å². The summed E-state index contributed by atoms with van der Waals surface area (Å²) in [6.45, 7) is 1.66. The van der Waals surface area contributed by atoms with E-state index in [1.165, 1.54) is 4.31 Å². The summed E-state index contributed by atoms with van der Waals surface area (Å²) in [5.41, 5.74) is 0.640. The third kappa shape index (κ3) is 5.34. The monoisotopic (exact) mass is 382 g/mol. The average Bonchev–Trinajstić information content (AvgIpc) is 2.57. The Labute approximate surface area is 151 Å². The van der Waals surface area contributed by atoms with Gasteiger partial charge >= 0.3 is 0 Å². The van der Waals surface area contributed by atoms with Crippen LogP contribution in [0.25, 0.3) is 0 Å². The molecule has 0 radical (unpaired) electrons. The van der Waals surface area contributed by atoms with Gasteiger partial charge in [-0.3, -0.25) is 4.79 Å². The molecule has 0 saturated heterocycles. The number of carbonyl (C=O) groups excluding carboxylic acids is 1. The standard InChI is InChI=1S/C18H20F2N2O3S/c1-13(14-6-4-3-5-7-14)22(26(2,24)25)11-10-18(23)21-17-9-8-15(19)12-16(17)20/h3-9,12-13H,10-11H2,1-2H3,(H,21,23). The van der Waals surface area contributed by atoms with Crippen LogP contribution in [0.4, 0.5) is 14.5 Å². The minimum atomic E-state index is -3.56. The summed E-state index contributed by atoms with van der Waals surface area (Å²) in [5, 5.41) is 2.32. The Bertz CT molecular complexity index is 873. The Kier molecular flexibility index (Phi) is 6.44. The molecule has 0 aromatic heterocycles. The highest BCUT2D eigenvalue weighted by Gasteiger charge is 2.25. The SMILES string of the molecule is CC(c1ccccc1)N(CCC(=O)Nc1ccc(F)cc1F)S(C)(=O)=O. The molecule has 1 N–H and O–H groups in total. The summed E-state index contributed by atoms with van der Waals surface area (Å²) in [6.07, 6.45) is 0.908. The highest BCUT2D eigenvalue weighted by molar-refractivity contribution is 7.88. The van der Waals surface area contributed by atoms with Gasteiger partial charge in [0.2, 0.25) is 15.9 Å². The van der Waals surface area contributed by atoms with E-state index in [0.717, 1.165) is 24.0 Å². The van der Waals surface area contributed by atoms with Crippen LogP contribution in [0.15, 0.2) is 48.5 Å². The van der Waals surface area contributed by atoms with Gasteiger partial charge in [-0.05, 0) is 24.6 Å². The molecule has 0 aliphatic heterocycles. The first-order valence-electron chi connectivity index (χ1n) is 7.95. The Morgan fingerprint density at radius 3 is 2.38 bits per heavy atom. The number of hydrogen-bond acceptors (Lipinski definition) is 3. The molecule has 0 fully saturated rings. The van der Waals surface area contributed by atoms with Crippen molar-refractivity contribution in [1.82, 2.24) is 4.31 Å². The second-order valence-corrected chi connectivity index (χ2v) is 7.82. The van der Waals surface area contributed by atoms with Crippen molar-refractivity contribution < 1.29 is 22.0 Å². The van der Waals surface area contributed by atoms with E-state index in [2.05, 4.69) is 5.32 Å². The summed E-state index contributed by atoms with van der Waals surface area (Å²) >= 11 is 0. The molecule has 0 saturated carbocycles. The number of hydrogen-bond donors (Lipinski definition) is 1. The summed E-state index contributed by atoms with van der Waals surface area (Å²) in [6, 6.07) is 11.4. The molecular weight excluding hydrogens is 362 g/mol. The van der Waals surface area contributed by atoms with Gasteiger partial charge < -0.3 is 5.32 Å². The van der Waals surface area contributed by atoms with Gasteiger partial charge in [0.25, 0.3) is 0 Å². The van der Waals surface area contributed by atoms with Crippen molar-refractivity contribution in [3.63, 3.8) is 0 Å². The molecule has 2 aromatic carbocycles. The molecule has 1 unspecified atom stereocenters. The number of anilines is 1. The van der Waals surface area contributed by atoms with E-state index in [0.29, 0.717) is 6.07 Å². The zero-order valence-corrected chi connectivity index (χ0v) is 15.3. The van der Waals surface area contributed by atoms with Crippen LogP contribution in [0, 0.1) is 11.6 Å². The predicted octanol–water partition coefficient (Wildman–Crippen LogP) is 3.32. The van der Waals surface area contributed by atoms with Crippen LogP contribution in [0.1, 0.15) is 24.9 Å². The lowest BCUT2D eigenvalue weighted by Crippen LogP contribution is -2.35. The first-order chi connectivity index (χ1) is 12.2. The number of halogens is 2. The summed E-state index contributed by atoms with van der Waals surface area (Å²) in [4.78, 5) is 12.0. The van der Waals surface area contributed by atoms with Crippen molar-refractivity contribution in [2.24, 2.45) is 0 Å². The molecule has 0 aliphatic rings. The Morgan fingerprint density at radius 1 is 1.15 bits per heavy atom. The highest BCUT2D eigenvalue weighted by atomic mass is 32.2. The van der Waals surface area contributed by atoms with Crippen LogP contribution < -0.4 is 5.32 Å². The number of rotatable bonds is 7. The third-order valence-corrected chi connectivity index (χ3v) is 5.26. The van der Waals surface area contributed by atoms with Crippen LogP contribution in [-0.2, 0) is 14.8 Å². The van der Waals surface area contributed by atoms with E-state index in [1.807, 2.05) is 6.07 Å². The minimum Gasteiger partial charge on any atom is -0.324 e. The van der Waals surface area contributed by atoms with Crippen LogP contribution in [0.3, 0.4) is 0 Å². The van der Waals surface area contributed by atoms with Crippen molar-refractivity contribution in [1.29, 1.82) is 0 Å². The second kappa shape index (κ2) is 8.37. The topological polar surface area (TPSA) is 66.5 Å². The molecule has 2 aromatic rings. The number of benzene rings is 2. The average molecular weight is 382 g/mol. The highest BCUT2D eigenvalue weighted by Crippen LogP contribution is 2.23. The number of sulfonamides is 1. The molecule has 0 aliphatic carbocycles. The summed E-state index contributed by atoms with van der Waals surface area (Å²) in [5.74, 6) is -2.21. The number of carbonyl (C=O) groups is 1. The second-order valence-electron chi connectivity index (χ2n) is 5.88. The molecule has 0 heterocycles. The van der Waals surface area contributed by atoms with Gasteiger partial charge in [-0.15, -0.1) is 0 Å². The van der Waals surface area contributed by atoms with Crippen LogP contribution in [0.5, 0.6) is 0 Å². The minimum absolute atomic E-state index is 0.0659. The fourth-order valence-electron chi connectivity index (χ4n) is 2.56. The lowest BCUT2D eigenvalue weighted by Gasteiger charge is -2.27.